The summed E-state index contributed by atoms with van der Waals surface area (Å²) in [6, 6.07) is 10.4. The molecular formula is C27H36ClN3O4. The highest BCUT2D eigenvalue weighted by atomic mass is 35.5. The van der Waals surface area contributed by atoms with Crippen LogP contribution in [0.1, 0.15) is 25.0 Å². The van der Waals surface area contributed by atoms with Gasteiger partial charge in [-0.25, -0.2) is 0 Å². The molecule has 4 rings (SSSR count). The van der Waals surface area contributed by atoms with Crippen LogP contribution in [-0.4, -0.2) is 70.0 Å². The number of anilines is 1. The third kappa shape index (κ3) is 7.72. The molecule has 35 heavy (non-hydrogen) atoms. The summed E-state index contributed by atoms with van der Waals surface area (Å²) in [5.41, 5.74) is 3.72. The van der Waals surface area contributed by atoms with E-state index >= 15 is 0 Å². The van der Waals surface area contributed by atoms with Crippen molar-refractivity contribution in [3.8, 4) is 11.1 Å². The van der Waals surface area contributed by atoms with Crippen molar-refractivity contribution in [3.05, 3.63) is 47.2 Å². The fraction of sp³-hybridized carbons (Fsp3) is 0.556. The number of carbonyl (C=O) groups excluding carboxylic acids is 1. The van der Waals surface area contributed by atoms with Crippen LogP contribution in [0.4, 0.5) is 5.69 Å². The molecule has 2 aromatic rings. The van der Waals surface area contributed by atoms with Gasteiger partial charge in [0, 0.05) is 74.9 Å². The highest BCUT2D eigenvalue weighted by Gasteiger charge is 2.29. The van der Waals surface area contributed by atoms with E-state index in [-0.39, 0.29) is 17.7 Å². The van der Waals surface area contributed by atoms with Gasteiger partial charge in [-0.3, -0.25) is 9.78 Å². The second kappa shape index (κ2) is 13.3. The predicted molar refractivity (Wildman–Crippen MR) is 138 cm³/mol. The SMILES string of the molecule is COCCOC[C@@H]1C[C@@H](C(=O)Cc2cc(-c3cccc(NCC4CCOCC4)c3)c(Cl)cn2)CN1. The van der Waals surface area contributed by atoms with E-state index in [9.17, 15) is 4.79 Å². The van der Waals surface area contributed by atoms with Gasteiger partial charge in [0.25, 0.3) is 0 Å². The summed E-state index contributed by atoms with van der Waals surface area (Å²) in [5, 5.41) is 7.54. The van der Waals surface area contributed by atoms with Gasteiger partial charge < -0.3 is 24.8 Å². The van der Waals surface area contributed by atoms with Gasteiger partial charge in [-0.05, 0) is 48.9 Å². The molecule has 0 unspecified atom stereocenters. The standard InChI is InChI=1S/C27H36ClN3O4/c1-33-9-10-35-18-24-12-21(16-30-24)27(32)14-23-13-25(26(28)17-31-23)20-3-2-4-22(11-20)29-15-19-5-7-34-8-6-19/h2-4,11,13,17,19,21,24,29-30H,5-10,12,14-16,18H2,1H3/t21-,24+/m1/s1. The average Bonchev–Trinajstić information content (AvgIpc) is 3.37. The molecule has 3 heterocycles. The Balaban J connectivity index is 1.34. The fourth-order valence-corrected chi connectivity index (χ4v) is 4.90. The van der Waals surface area contributed by atoms with E-state index < -0.39 is 0 Å². The zero-order valence-corrected chi connectivity index (χ0v) is 21.2. The number of pyridine rings is 1. The number of methoxy groups -OCH3 is 1. The Morgan fingerprint density at radius 1 is 1.26 bits per heavy atom. The molecule has 2 aliphatic heterocycles. The molecule has 7 nitrogen and oxygen atoms in total. The molecule has 0 radical (unpaired) electrons. The summed E-state index contributed by atoms with van der Waals surface area (Å²) in [6.45, 7) is 5.05. The van der Waals surface area contributed by atoms with Crippen molar-refractivity contribution in [2.24, 2.45) is 11.8 Å². The van der Waals surface area contributed by atoms with Crippen molar-refractivity contribution in [1.29, 1.82) is 0 Å². The van der Waals surface area contributed by atoms with Gasteiger partial charge in [-0.15, -0.1) is 0 Å². The maximum absolute atomic E-state index is 13.0. The first-order valence-electron chi connectivity index (χ1n) is 12.5. The average molecular weight is 502 g/mol. The quantitative estimate of drug-likeness (QED) is 0.425. The van der Waals surface area contributed by atoms with Crippen LogP contribution in [-0.2, 0) is 25.4 Å². The van der Waals surface area contributed by atoms with E-state index in [1.54, 1.807) is 13.3 Å². The lowest BCUT2D eigenvalue weighted by Crippen LogP contribution is -2.27. The number of hydrogen-bond acceptors (Lipinski definition) is 7. The summed E-state index contributed by atoms with van der Waals surface area (Å²) in [7, 11) is 1.66. The molecule has 2 aliphatic rings. The second-order valence-corrected chi connectivity index (χ2v) is 9.83. The molecule has 1 aromatic heterocycles. The first-order valence-corrected chi connectivity index (χ1v) is 12.9. The van der Waals surface area contributed by atoms with E-state index in [2.05, 4.69) is 27.8 Å². The van der Waals surface area contributed by atoms with Gasteiger partial charge in [0.2, 0.25) is 0 Å². The van der Waals surface area contributed by atoms with Crippen molar-refractivity contribution < 1.29 is 19.0 Å². The molecule has 0 bridgehead atoms. The van der Waals surface area contributed by atoms with Gasteiger partial charge >= 0.3 is 0 Å². The van der Waals surface area contributed by atoms with E-state index in [0.717, 1.165) is 61.5 Å². The van der Waals surface area contributed by atoms with E-state index in [1.807, 2.05) is 18.2 Å². The van der Waals surface area contributed by atoms with Crippen molar-refractivity contribution in [2.75, 3.05) is 58.6 Å². The van der Waals surface area contributed by atoms with Gasteiger partial charge in [0.1, 0.15) is 5.78 Å². The lowest BCUT2D eigenvalue weighted by molar-refractivity contribution is -0.121. The van der Waals surface area contributed by atoms with Crippen LogP contribution in [0.2, 0.25) is 5.02 Å². The zero-order valence-electron chi connectivity index (χ0n) is 20.4. The maximum Gasteiger partial charge on any atom is 0.143 e. The van der Waals surface area contributed by atoms with Crippen LogP contribution in [0.3, 0.4) is 0 Å². The monoisotopic (exact) mass is 501 g/mol. The van der Waals surface area contributed by atoms with Gasteiger partial charge in [-0.2, -0.15) is 0 Å². The van der Waals surface area contributed by atoms with Crippen LogP contribution in [0.25, 0.3) is 11.1 Å². The number of benzene rings is 1. The highest BCUT2D eigenvalue weighted by molar-refractivity contribution is 6.33. The van der Waals surface area contributed by atoms with Gasteiger partial charge in [0.05, 0.1) is 24.8 Å². The van der Waals surface area contributed by atoms with E-state index in [0.29, 0.717) is 43.7 Å². The smallest absolute Gasteiger partial charge is 0.143 e. The number of halogens is 1. The Morgan fingerprint density at radius 3 is 2.94 bits per heavy atom. The molecule has 2 atom stereocenters. The number of hydrogen-bond donors (Lipinski definition) is 2. The zero-order chi connectivity index (χ0) is 24.5. The molecule has 190 valence electrons. The summed E-state index contributed by atoms with van der Waals surface area (Å²) in [6.07, 6.45) is 4.93. The number of carbonyl (C=O) groups is 1. The van der Waals surface area contributed by atoms with Crippen LogP contribution < -0.4 is 10.6 Å². The number of rotatable bonds is 12. The van der Waals surface area contributed by atoms with Crippen molar-refractivity contribution >= 4 is 23.1 Å². The minimum atomic E-state index is -0.0235. The molecule has 1 aromatic carbocycles. The molecule has 2 N–H and O–H groups in total. The Hall–Kier alpha value is -2.03. The van der Waals surface area contributed by atoms with E-state index in [1.165, 1.54) is 0 Å². The van der Waals surface area contributed by atoms with Gasteiger partial charge in [-0.1, -0.05) is 23.7 Å². The summed E-state index contributed by atoms with van der Waals surface area (Å²) in [4.78, 5) is 17.4. The lowest BCUT2D eigenvalue weighted by atomic mass is 9.96. The molecule has 0 amide bonds. The van der Waals surface area contributed by atoms with Crippen LogP contribution in [0.5, 0.6) is 0 Å². The lowest BCUT2D eigenvalue weighted by Gasteiger charge is -2.22. The van der Waals surface area contributed by atoms with Crippen LogP contribution in [0, 0.1) is 11.8 Å². The Bertz CT molecular complexity index is 967. The van der Waals surface area contributed by atoms with Crippen LogP contribution in [0.15, 0.2) is 36.5 Å². The predicted octanol–water partition coefficient (Wildman–Crippen LogP) is 3.99. The first-order chi connectivity index (χ1) is 17.1. The third-order valence-electron chi connectivity index (χ3n) is 6.80. The number of ketones is 1. The first kappa shape index (κ1) is 26.0. The number of nitrogens with zero attached hydrogens (tertiary/aromatic N) is 1. The highest BCUT2D eigenvalue weighted by Crippen LogP contribution is 2.30. The summed E-state index contributed by atoms with van der Waals surface area (Å²) >= 11 is 6.52. The van der Waals surface area contributed by atoms with Crippen molar-refractivity contribution in [2.45, 2.75) is 31.7 Å². The Morgan fingerprint density at radius 2 is 2.11 bits per heavy atom. The number of aromatic nitrogens is 1. The van der Waals surface area contributed by atoms with Crippen molar-refractivity contribution in [3.63, 3.8) is 0 Å². The van der Waals surface area contributed by atoms with E-state index in [4.69, 9.17) is 25.8 Å². The summed E-state index contributed by atoms with van der Waals surface area (Å²) in [5.74, 6) is 0.811. The molecule has 0 spiro atoms. The minimum absolute atomic E-state index is 0.0235. The third-order valence-corrected chi connectivity index (χ3v) is 7.11. The van der Waals surface area contributed by atoms with Crippen LogP contribution >= 0.6 is 11.6 Å². The Kier molecular flexibility index (Phi) is 9.92. The number of nitrogens with one attached hydrogen (secondary N) is 2. The largest absolute Gasteiger partial charge is 0.385 e. The molecule has 2 saturated heterocycles. The normalized spacial score (nSPS) is 20.7. The molecular weight excluding hydrogens is 466 g/mol. The molecule has 0 saturated carbocycles. The Labute approximate surface area is 212 Å². The van der Waals surface area contributed by atoms with Crippen molar-refractivity contribution in [1.82, 2.24) is 10.3 Å². The molecule has 8 heteroatoms. The fourth-order valence-electron chi connectivity index (χ4n) is 4.69. The van der Waals surface area contributed by atoms with Gasteiger partial charge in [0.15, 0.2) is 0 Å². The molecule has 0 aliphatic carbocycles. The number of ether oxygens (including phenoxy) is 3. The maximum atomic E-state index is 13.0. The molecule has 2 fully saturated rings. The minimum Gasteiger partial charge on any atom is -0.385 e. The summed E-state index contributed by atoms with van der Waals surface area (Å²) < 4.78 is 16.1. The second-order valence-electron chi connectivity index (χ2n) is 9.42. The topological polar surface area (TPSA) is 81.7 Å². The number of Topliss-reactive ketones (excluding diaryl/α,β-unsaturated/α-hetero) is 1.